The van der Waals surface area contributed by atoms with Gasteiger partial charge < -0.3 is 14.8 Å². The van der Waals surface area contributed by atoms with Crippen LogP contribution in [-0.2, 0) is 7.05 Å². The predicted molar refractivity (Wildman–Crippen MR) is 62.7 cm³/mol. The number of hydrogen-bond acceptors (Lipinski definition) is 4. The molecule has 5 heteroatoms. The maximum absolute atomic E-state index is 4.36. The van der Waals surface area contributed by atoms with Crippen LogP contribution in [0.15, 0.2) is 0 Å². The van der Waals surface area contributed by atoms with Gasteiger partial charge in [0.1, 0.15) is 5.82 Å². The average Bonchev–Trinajstić information content (AvgIpc) is 2.60. The second kappa shape index (κ2) is 4.05. The Bertz CT molecular complexity index is 362. The maximum atomic E-state index is 4.36. The van der Waals surface area contributed by atoms with Crippen LogP contribution >= 0.6 is 0 Å². The molecule has 2 fully saturated rings. The number of aromatic nitrogens is 3. The number of nitrogens with one attached hydrogen (secondary N) is 1. The number of hydrogen-bond donors (Lipinski definition) is 1. The normalized spacial score (nSPS) is 22.2. The molecule has 1 N–H and O–H groups in total. The molecule has 1 aromatic heterocycles. The van der Waals surface area contributed by atoms with E-state index in [1.165, 1.54) is 25.1 Å². The lowest BCUT2D eigenvalue weighted by atomic mass is 9.85. The number of rotatable bonds is 2. The summed E-state index contributed by atoms with van der Waals surface area (Å²) in [4.78, 5) is 2.33. The van der Waals surface area contributed by atoms with Crippen molar-refractivity contribution in [1.82, 2.24) is 20.1 Å². The highest BCUT2D eigenvalue weighted by Crippen LogP contribution is 2.35. The highest BCUT2D eigenvalue weighted by atomic mass is 15.4. The number of piperazine rings is 1. The van der Waals surface area contributed by atoms with Crippen molar-refractivity contribution >= 4 is 5.95 Å². The summed E-state index contributed by atoms with van der Waals surface area (Å²) in [5.74, 6) is 2.89. The van der Waals surface area contributed by atoms with Gasteiger partial charge in [-0.25, -0.2) is 0 Å². The zero-order valence-electron chi connectivity index (χ0n) is 9.82. The van der Waals surface area contributed by atoms with Crippen molar-refractivity contribution in [2.24, 2.45) is 7.05 Å². The van der Waals surface area contributed by atoms with Crippen molar-refractivity contribution in [2.45, 2.75) is 25.2 Å². The summed E-state index contributed by atoms with van der Waals surface area (Å²) in [5.41, 5.74) is 0. The van der Waals surface area contributed by atoms with Gasteiger partial charge in [0.2, 0.25) is 5.95 Å². The van der Waals surface area contributed by atoms with Crippen molar-refractivity contribution in [1.29, 1.82) is 0 Å². The lowest BCUT2D eigenvalue weighted by Crippen LogP contribution is -2.44. The van der Waals surface area contributed by atoms with Gasteiger partial charge in [-0.05, 0) is 12.8 Å². The van der Waals surface area contributed by atoms with Crippen molar-refractivity contribution in [3.05, 3.63) is 5.82 Å². The Hall–Kier alpha value is -1.10. The smallest absolute Gasteiger partial charge is 0.227 e. The number of nitrogens with zero attached hydrogens (tertiary/aromatic N) is 4. The van der Waals surface area contributed by atoms with Gasteiger partial charge in [0.05, 0.1) is 0 Å². The van der Waals surface area contributed by atoms with Gasteiger partial charge in [-0.1, -0.05) is 6.42 Å². The summed E-state index contributed by atoms with van der Waals surface area (Å²) < 4.78 is 2.19. The molecule has 1 aromatic rings. The predicted octanol–water partition coefficient (Wildman–Crippen LogP) is 0.492. The third-order valence-electron chi connectivity index (χ3n) is 3.76. The molecule has 3 rings (SSSR count). The van der Waals surface area contributed by atoms with Gasteiger partial charge in [-0.3, -0.25) is 0 Å². The SMILES string of the molecule is Cn1c(C2CCC2)nnc1N1CCNCC1. The van der Waals surface area contributed by atoms with Crippen molar-refractivity contribution < 1.29 is 0 Å². The van der Waals surface area contributed by atoms with Crippen LogP contribution in [0.5, 0.6) is 0 Å². The summed E-state index contributed by atoms with van der Waals surface area (Å²) in [5, 5.41) is 12.1. The second-order valence-corrected chi connectivity index (χ2v) is 4.78. The molecular formula is C11H19N5. The molecule has 0 atom stereocenters. The fourth-order valence-corrected chi connectivity index (χ4v) is 2.49. The Morgan fingerprint density at radius 3 is 2.56 bits per heavy atom. The van der Waals surface area contributed by atoms with Crippen molar-refractivity contribution in [3.8, 4) is 0 Å². The molecule has 0 amide bonds. The Kier molecular flexibility index (Phi) is 2.55. The second-order valence-electron chi connectivity index (χ2n) is 4.78. The lowest BCUT2D eigenvalue weighted by molar-refractivity contribution is 0.392. The largest absolute Gasteiger partial charge is 0.338 e. The van der Waals surface area contributed by atoms with Crippen LogP contribution in [0.25, 0.3) is 0 Å². The van der Waals surface area contributed by atoms with E-state index in [1.807, 2.05) is 0 Å². The van der Waals surface area contributed by atoms with Crippen molar-refractivity contribution in [3.63, 3.8) is 0 Å². The van der Waals surface area contributed by atoms with Gasteiger partial charge in [-0.15, -0.1) is 10.2 Å². The Morgan fingerprint density at radius 2 is 1.94 bits per heavy atom. The van der Waals surface area contributed by atoms with Crippen LogP contribution in [0.2, 0.25) is 0 Å². The van der Waals surface area contributed by atoms with Crippen LogP contribution in [0.3, 0.4) is 0 Å². The summed E-state index contributed by atoms with van der Waals surface area (Å²) >= 11 is 0. The van der Waals surface area contributed by atoms with Gasteiger partial charge >= 0.3 is 0 Å². The van der Waals surface area contributed by atoms with E-state index in [1.54, 1.807) is 0 Å². The first kappa shape index (κ1) is 10.1. The third kappa shape index (κ3) is 1.59. The molecule has 1 saturated heterocycles. The lowest BCUT2D eigenvalue weighted by Gasteiger charge is -2.29. The number of anilines is 1. The summed E-state index contributed by atoms with van der Waals surface area (Å²) in [6.45, 7) is 4.17. The minimum absolute atomic E-state index is 0.661. The first-order chi connectivity index (χ1) is 7.86. The fraction of sp³-hybridized carbons (Fsp3) is 0.818. The van der Waals surface area contributed by atoms with Crippen LogP contribution in [0.1, 0.15) is 31.0 Å². The zero-order valence-corrected chi connectivity index (χ0v) is 9.82. The van der Waals surface area contributed by atoms with E-state index in [0.717, 1.165) is 32.1 Å². The molecule has 88 valence electrons. The van der Waals surface area contributed by atoms with Gasteiger partial charge in [0.15, 0.2) is 0 Å². The van der Waals surface area contributed by atoms with Crippen LogP contribution in [-0.4, -0.2) is 40.9 Å². The Balaban J connectivity index is 1.81. The zero-order chi connectivity index (χ0) is 11.0. The molecule has 5 nitrogen and oxygen atoms in total. The molecular weight excluding hydrogens is 202 g/mol. The molecule has 0 aromatic carbocycles. The summed E-state index contributed by atoms with van der Waals surface area (Å²) in [6.07, 6.45) is 3.92. The third-order valence-corrected chi connectivity index (χ3v) is 3.76. The molecule has 2 aliphatic rings. The van der Waals surface area contributed by atoms with Gasteiger partial charge in [0, 0.05) is 39.1 Å². The summed E-state index contributed by atoms with van der Waals surface area (Å²) in [7, 11) is 2.10. The van der Waals surface area contributed by atoms with Crippen molar-refractivity contribution in [2.75, 3.05) is 31.1 Å². The monoisotopic (exact) mass is 221 g/mol. The van der Waals surface area contributed by atoms with Gasteiger partial charge in [0.25, 0.3) is 0 Å². The topological polar surface area (TPSA) is 46.0 Å². The van der Waals surface area contributed by atoms with E-state index >= 15 is 0 Å². The maximum Gasteiger partial charge on any atom is 0.227 e. The van der Waals surface area contributed by atoms with Gasteiger partial charge in [-0.2, -0.15) is 0 Å². The highest BCUT2D eigenvalue weighted by molar-refractivity contribution is 5.32. The van der Waals surface area contributed by atoms with E-state index in [0.29, 0.717) is 5.92 Å². The molecule has 0 unspecified atom stereocenters. The molecule has 0 spiro atoms. The summed E-state index contributed by atoms with van der Waals surface area (Å²) in [6, 6.07) is 0. The van der Waals surface area contributed by atoms with Crippen LogP contribution in [0, 0.1) is 0 Å². The van der Waals surface area contributed by atoms with E-state index < -0.39 is 0 Å². The van der Waals surface area contributed by atoms with E-state index in [9.17, 15) is 0 Å². The molecule has 1 aliphatic carbocycles. The molecule has 1 saturated carbocycles. The highest BCUT2D eigenvalue weighted by Gasteiger charge is 2.26. The first-order valence-electron chi connectivity index (χ1n) is 6.21. The van der Waals surface area contributed by atoms with Crippen LogP contribution in [0.4, 0.5) is 5.95 Å². The average molecular weight is 221 g/mol. The molecule has 1 aliphatic heterocycles. The van der Waals surface area contributed by atoms with E-state index in [2.05, 4.69) is 32.0 Å². The van der Waals surface area contributed by atoms with E-state index in [-0.39, 0.29) is 0 Å². The van der Waals surface area contributed by atoms with E-state index in [4.69, 9.17) is 0 Å². The minimum atomic E-state index is 0.661. The Morgan fingerprint density at radius 1 is 1.19 bits per heavy atom. The molecule has 16 heavy (non-hydrogen) atoms. The van der Waals surface area contributed by atoms with Crippen LogP contribution < -0.4 is 10.2 Å². The first-order valence-corrected chi connectivity index (χ1v) is 6.21. The standard InChI is InChI=1S/C11H19N5/c1-15-10(9-3-2-4-9)13-14-11(15)16-7-5-12-6-8-16/h9,12H,2-8H2,1H3. The molecule has 0 bridgehead atoms. The molecule has 0 radical (unpaired) electrons. The molecule has 2 heterocycles. The minimum Gasteiger partial charge on any atom is -0.338 e. The quantitative estimate of drug-likeness (QED) is 0.789. The fourth-order valence-electron chi connectivity index (χ4n) is 2.49. The Labute approximate surface area is 95.8 Å².